The number of hydrogen-bond acceptors (Lipinski definition) is 3. The average molecular weight is 387 g/mol. The van der Waals surface area contributed by atoms with E-state index in [1.807, 2.05) is 29.6 Å². The van der Waals surface area contributed by atoms with Crippen LogP contribution in [0.4, 0.5) is 0 Å². The van der Waals surface area contributed by atoms with Gasteiger partial charge in [0.05, 0.1) is 16.3 Å². The predicted molar refractivity (Wildman–Crippen MR) is 85.1 cm³/mol. The number of thiophene rings is 1. The van der Waals surface area contributed by atoms with E-state index in [1.54, 1.807) is 6.07 Å². The number of nitrogens with zero attached hydrogens (tertiary/aromatic N) is 1. The molecule has 0 aliphatic rings. The fourth-order valence-electron chi connectivity index (χ4n) is 1.48. The largest absolute Gasteiger partial charge is 0.397 e. The Bertz CT molecular complexity index is 642. The van der Waals surface area contributed by atoms with E-state index in [0.29, 0.717) is 16.3 Å². The summed E-state index contributed by atoms with van der Waals surface area (Å²) in [6, 6.07) is 11.5. The molecule has 0 saturated heterocycles. The molecule has 0 saturated carbocycles. The molecule has 0 aliphatic heterocycles. The van der Waals surface area contributed by atoms with Crippen molar-refractivity contribution < 1.29 is 0 Å². The van der Waals surface area contributed by atoms with E-state index < -0.39 is 0 Å². The third-order valence-corrected chi connectivity index (χ3v) is 4.84. The van der Waals surface area contributed by atoms with Gasteiger partial charge in [0.25, 0.3) is 0 Å². The zero-order valence-electron chi connectivity index (χ0n) is 9.15. The van der Waals surface area contributed by atoms with Crippen LogP contribution in [0.25, 0.3) is 11.3 Å². The Morgan fingerprint density at radius 3 is 2.72 bits per heavy atom. The second-order valence-electron chi connectivity index (χ2n) is 3.51. The molecular weight excluding hydrogens is 379 g/mol. The molecule has 1 aromatic carbocycles. The molecule has 18 heavy (non-hydrogen) atoms. The topological polar surface area (TPSA) is 49.8 Å². The molecular formula is C13H8ClIN2S. The van der Waals surface area contributed by atoms with Gasteiger partial charge in [0.15, 0.2) is 0 Å². The van der Waals surface area contributed by atoms with Crippen LogP contribution in [0.2, 0.25) is 5.02 Å². The monoisotopic (exact) mass is 386 g/mol. The Balaban J connectivity index is 2.54. The molecule has 0 bridgehead atoms. The van der Waals surface area contributed by atoms with Crippen molar-refractivity contribution in [1.82, 2.24) is 0 Å². The van der Waals surface area contributed by atoms with Gasteiger partial charge >= 0.3 is 0 Å². The first-order chi connectivity index (χ1) is 8.63. The molecule has 1 heterocycles. The standard InChI is InChI=1S/C13H8ClIN2S/c14-10-6-8(3-4-11(10)15)13(17)9(7-16)12-2-1-5-18-12/h1-6H,17H2/b13-9-. The summed E-state index contributed by atoms with van der Waals surface area (Å²) in [4.78, 5) is 0.865. The number of hydrogen-bond donors (Lipinski definition) is 1. The van der Waals surface area contributed by atoms with Gasteiger partial charge in [-0.25, -0.2) is 0 Å². The van der Waals surface area contributed by atoms with E-state index in [4.69, 9.17) is 17.3 Å². The van der Waals surface area contributed by atoms with Crippen molar-refractivity contribution >= 4 is 56.8 Å². The predicted octanol–water partition coefficient (Wildman–Crippen LogP) is 4.36. The lowest BCUT2D eigenvalue weighted by atomic mass is 10.1. The van der Waals surface area contributed by atoms with Gasteiger partial charge in [-0.15, -0.1) is 11.3 Å². The highest BCUT2D eigenvalue weighted by Gasteiger charge is 2.10. The van der Waals surface area contributed by atoms with Crippen molar-refractivity contribution in [3.63, 3.8) is 0 Å². The van der Waals surface area contributed by atoms with Crippen LogP contribution in [0.3, 0.4) is 0 Å². The molecule has 90 valence electrons. The van der Waals surface area contributed by atoms with Crippen LogP contribution < -0.4 is 5.73 Å². The summed E-state index contributed by atoms with van der Waals surface area (Å²) in [7, 11) is 0. The van der Waals surface area contributed by atoms with Crippen LogP contribution in [0, 0.1) is 14.9 Å². The first kappa shape index (κ1) is 13.4. The molecule has 2 N–H and O–H groups in total. The lowest BCUT2D eigenvalue weighted by molar-refractivity contribution is 1.49. The van der Waals surface area contributed by atoms with E-state index in [1.165, 1.54) is 11.3 Å². The smallest absolute Gasteiger partial charge is 0.103 e. The molecule has 0 spiro atoms. The summed E-state index contributed by atoms with van der Waals surface area (Å²) in [5.74, 6) is 0. The Hall–Kier alpha value is -1.03. The number of allylic oxidation sites excluding steroid dienone is 1. The first-order valence-corrected chi connectivity index (χ1v) is 7.36. The van der Waals surface area contributed by atoms with Crippen molar-refractivity contribution in [3.8, 4) is 6.07 Å². The Morgan fingerprint density at radius 1 is 1.39 bits per heavy atom. The van der Waals surface area contributed by atoms with E-state index >= 15 is 0 Å². The van der Waals surface area contributed by atoms with Crippen LogP contribution >= 0.6 is 45.5 Å². The zero-order chi connectivity index (χ0) is 13.1. The minimum absolute atomic E-state index is 0.457. The van der Waals surface area contributed by atoms with Gasteiger partial charge in [0.2, 0.25) is 0 Å². The molecule has 5 heteroatoms. The molecule has 0 aliphatic carbocycles. The maximum absolute atomic E-state index is 9.24. The third-order valence-electron chi connectivity index (χ3n) is 2.38. The molecule has 1 aromatic heterocycles. The van der Waals surface area contributed by atoms with E-state index in [9.17, 15) is 5.26 Å². The van der Waals surface area contributed by atoms with Gasteiger partial charge in [0.1, 0.15) is 6.07 Å². The lowest BCUT2D eigenvalue weighted by Gasteiger charge is -2.06. The quantitative estimate of drug-likeness (QED) is 0.616. The zero-order valence-corrected chi connectivity index (χ0v) is 12.9. The van der Waals surface area contributed by atoms with Gasteiger partial charge in [-0.3, -0.25) is 0 Å². The lowest BCUT2D eigenvalue weighted by Crippen LogP contribution is -2.00. The van der Waals surface area contributed by atoms with Gasteiger partial charge in [-0.1, -0.05) is 23.7 Å². The second kappa shape index (κ2) is 5.74. The van der Waals surface area contributed by atoms with Crippen molar-refractivity contribution in [2.45, 2.75) is 0 Å². The summed E-state index contributed by atoms with van der Waals surface area (Å²) < 4.78 is 0.959. The fraction of sp³-hybridized carbons (Fsp3) is 0. The van der Waals surface area contributed by atoms with Crippen LogP contribution in [-0.4, -0.2) is 0 Å². The molecule has 2 rings (SSSR count). The number of nitrogens with two attached hydrogens (primary N) is 1. The fourth-order valence-corrected chi connectivity index (χ4v) is 2.73. The molecule has 2 aromatic rings. The van der Waals surface area contributed by atoms with Gasteiger partial charge in [0, 0.05) is 14.0 Å². The molecule has 0 unspecified atom stereocenters. The minimum Gasteiger partial charge on any atom is -0.397 e. The van der Waals surface area contributed by atoms with Crippen molar-refractivity contribution in [2.75, 3.05) is 0 Å². The molecule has 0 fully saturated rings. The summed E-state index contributed by atoms with van der Waals surface area (Å²) >= 11 is 9.71. The van der Waals surface area contributed by atoms with Crippen molar-refractivity contribution in [1.29, 1.82) is 5.26 Å². The van der Waals surface area contributed by atoms with Gasteiger partial charge < -0.3 is 5.73 Å². The average Bonchev–Trinajstić information content (AvgIpc) is 2.87. The SMILES string of the molecule is N#C/C(=C(/N)c1ccc(I)c(Cl)c1)c1cccs1. The van der Waals surface area contributed by atoms with Crippen LogP contribution in [0.1, 0.15) is 10.4 Å². The van der Waals surface area contributed by atoms with E-state index in [0.717, 1.165) is 14.0 Å². The van der Waals surface area contributed by atoms with E-state index in [2.05, 4.69) is 28.7 Å². The van der Waals surface area contributed by atoms with Crippen LogP contribution in [-0.2, 0) is 0 Å². The Morgan fingerprint density at radius 2 is 2.17 bits per heavy atom. The highest BCUT2D eigenvalue weighted by Crippen LogP contribution is 2.28. The minimum atomic E-state index is 0.457. The van der Waals surface area contributed by atoms with Crippen LogP contribution in [0.5, 0.6) is 0 Å². The third kappa shape index (κ3) is 2.69. The number of benzene rings is 1. The normalized spacial score (nSPS) is 11.8. The highest BCUT2D eigenvalue weighted by molar-refractivity contribution is 14.1. The van der Waals surface area contributed by atoms with Gasteiger partial charge in [-0.05, 0) is 46.2 Å². The summed E-state index contributed by atoms with van der Waals surface area (Å²) in [6.45, 7) is 0. The molecule has 0 amide bonds. The highest BCUT2D eigenvalue weighted by atomic mass is 127. The number of rotatable bonds is 2. The van der Waals surface area contributed by atoms with E-state index in [-0.39, 0.29) is 0 Å². The van der Waals surface area contributed by atoms with Crippen molar-refractivity contribution in [3.05, 3.63) is 54.7 Å². The first-order valence-electron chi connectivity index (χ1n) is 5.02. The summed E-state index contributed by atoms with van der Waals surface area (Å²) in [6.07, 6.45) is 0. The number of nitriles is 1. The molecule has 0 radical (unpaired) electrons. The van der Waals surface area contributed by atoms with Crippen molar-refractivity contribution in [2.24, 2.45) is 5.73 Å². The van der Waals surface area contributed by atoms with Gasteiger partial charge in [-0.2, -0.15) is 5.26 Å². The van der Waals surface area contributed by atoms with Crippen LogP contribution in [0.15, 0.2) is 35.7 Å². The summed E-state index contributed by atoms with van der Waals surface area (Å²) in [5.41, 5.74) is 7.78. The maximum Gasteiger partial charge on any atom is 0.103 e. The number of halogens is 2. The second-order valence-corrected chi connectivity index (χ2v) is 6.02. The molecule has 0 atom stereocenters. The maximum atomic E-state index is 9.24. The Kier molecular flexibility index (Phi) is 4.27. The summed E-state index contributed by atoms with van der Waals surface area (Å²) in [5, 5.41) is 11.8. The Labute approximate surface area is 128 Å². The molecule has 2 nitrogen and oxygen atoms in total.